The molecule has 2 rings (SSSR count). The molecule has 1 aliphatic rings. The van der Waals surface area contributed by atoms with Crippen LogP contribution in [0.4, 0.5) is 0 Å². The van der Waals surface area contributed by atoms with Crippen molar-refractivity contribution in [3.63, 3.8) is 0 Å². The largest absolute Gasteiger partial charge is 0.342 e. The van der Waals surface area contributed by atoms with E-state index >= 15 is 0 Å². The maximum atomic E-state index is 11.9. The first-order valence-electron chi connectivity index (χ1n) is 6.64. The third-order valence-electron chi connectivity index (χ3n) is 3.64. The second kappa shape index (κ2) is 6.00. The Labute approximate surface area is 108 Å². The first kappa shape index (κ1) is 13.1. The van der Waals surface area contributed by atoms with Crippen molar-refractivity contribution in [2.75, 3.05) is 19.6 Å². The molecule has 0 aromatic carbocycles. The second-order valence-electron chi connectivity index (χ2n) is 4.92. The summed E-state index contributed by atoms with van der Waals surface area (Å²) in [6.45, 7) is 5.02. The van der Waals surface area contributed by atoms with Crippen molar-refractivity contribution in [3.05, 3.63) is 17.5 Å². The van der Waals surface area contributed by atoms with Crippen molar-refractivity contribution in [2.24, 2.45) is 7.05 Å². The number of carbonyl (C=O) groups excluding carboxylic acids is 1. The molecule has 0 saturated carbocycles. The van der Waals surface area contributed by atoms with Crippen molar-refractivity contribution < 1.29 is 4.79 Å². The van der Waals surface area contributed by atoms with E-state index in [1.807, 2.05) is 29.7 Å². The van der Waals surface area contributed by atoms with Crippen LogP contribution >= 0.6 is 0 Å². The zero-order chi connectivity index (χ0) is 13.0. The van der Waals surface area contributed by atoms with Gasteiger partial charge in [-0.1, -0.05) is 0 Å². The average Bonchev–Trinajstić information content (AvgIpc) is 2.71. The lowest BCUT2D eigenvalue weighted by molar-refractivity contribution is -0.131. The molecule has 1 aromatic rings. The number of amides is 1. The molecule has 0 atom stereocenters. The Balaban J connectivity index is 1.74. The van der Waals surface area contributed by atoms with E-state index in [2.05, 4.69) is 10.4 Å². The van der Waals surface area contributed by atoms with Crippen LogP contribution in [0.25, 0.3) is 0 Å². The summed E-state index contributed by atoms with van der Waals surface area (Å²) in [6, 6.07) is 0. The second-order valence-corrected chi connectivity index (χ2v) is 4.92. The van der Waals surface area contributed by atoms with Crippen molar-refractivity contribution >= 4 is 5.91 Å². The van der Waals surface area contributed by atoms with Gasteiger partial charge in [-0.15, -0.1) is 0 Å². The first-order chi connectivity index (χ1) is 8.68. The third-order valence-corrected chi connectivity index (χ3v) is 3.64. The Bertz CT molecular complexity index is 407. The summed E-state index contributed by atoms with van der Waals surface area (Å²) in [5, 5.41) is 7.39. The Morgan fingerprint density at radius 2 is 2.11 bits per heavy atom. The fraction of sp³-hybridized carbons (Fsp3) is 0.692. The minimum atomic E-state index is 0.219. The van der Waals surface area contributed by atoms with E-state index in [0.717, 1.165) is 37.2 Å². The number of nitrogens with zero attached hydrogens (tertiary/aromatic N) is 3. The van der Waals surface area contributed by atoms with Crippen LogP contribution in [-0.4, -0.2) is 40.2 Å². The van der Waals surface area contributed by atoms with Gasteiger partial charge in [0.1, 0.15) is 0 Å². The molecule has 0 bridgehead atoms. The van der Waals surface area contributed by atoms with Gasteiger partial charge in [-0.2, -0.15) is 5.10 Å². The van der Waals surface area contributed by atoms with E-state index in [0.29, 0.717) is 13.1 Å². The molecule has 1 aromatic heterocycles. The normalized spacial score (nSPS) is 16.0. The van der Waals surface area contributed by atoms with Gasteiger partial charge in [0.2, 0.25) is 5.91 Å². The molecule has 0 spiro atoms. The summed E-state index contributed by atoms with van der Waals surface area (Å²) in [7, 11) is 1.93. The van der Waals surface area contributed by atoms with E-state index in [1.54, 1.807) is 0 Å². The molecule has 1 N–H and O–H groups in total. The van der Waals surface area contributed by atoms with Crippen LogP contribution < -0.4 is 5.32 Å². The predicted molar refractivity (Wildman–Crippen MR) is 70.1 cm³/mol. The molecule has 1 amide bonds. The SMILES string of the molecule is Cc1c(CNCC(=O)N2CCCCC2)cnn1C. The molecular formula is C13H22N4O. The number of aryl methyl sites for hydroxylation is 1. The number of piperidine rings is 1. The summed E-state index contributed by atoms with van der Waals surface area (Å²) < 4.78 is 1.85. The standard InChI is InChI=1S/C13H22N4O/c1-11-12(9-15-16(11)2)8-14-10-13(18)17-6-4-3-5-7-17/h9,14H,3-8,10H2,1-2H3. The summed E-state index contributed by atoms with van der Waals surface area (Å²) in [5.74, 6) is 0.219. The molecule has 1 fully saturated rings. The van der Waals surface area contributed by atoms with E-state index in [1.165, 1.54) is 6.42 Å². The van der Waals surface area contributed by atoms with Gasteiger partial charge in [-0.3, -0.25) is 9.48 Å². The quantitative estimate of drug-likeness (QED) is 0.861. The summed E-state index contributed by atoms with van der Waals surface area (Å²) >= 11 is 0. The molecule has 0 unspecified atom stereocenters. The lowest BCUT2D eigenvalue weighted by Crippen LogP contribution is -2.41. The number of aromatic nitrogens is 2. The summed E-state index contributed by atoms with van der Waals surface area (Å²) in [6.07, 6.45) is 5.40. The van der Waals surface area contributed by atoms with Crippen LogP contribution in [-0.2, 0) is 18.4 Å². The zero-order valence-corrected chi connectivity index (χ0v) is 11.3. The molecule has 0 radical (unpaired) electrons. The van der Waals surface area contributed by atoms with Crippen LogP contribution in [0.1, 0.15) is 30.5 Å². The maximum absolute atomic E-state index is 11.9. The molecule has 1 saturated heterocycles. The van der Waals surface area contributed by atoms with Crippen molar-refractivity contribution in [1.82, 2.24) is 20.0 Å². The number of hydrogen-bond donors (Lipinski definition) is 1. The third kappa shape index (κ3) is 3.10. The van der Waals surface area contributed by atoms with E-state index in [-0.39, 0.29) is 5.91 Å². The predicted octanol–water partition coefficient (Wildman–Crippen LogP) is 0.831. The monoisotopic (exact) mass is 250 g/mol. The molecular weight excluding hydrogens is 228 g/mol. The maximum Gasteiger partial charge on any atom is 0.236 e. The van der Waals surface area contributed by atoms with Crippen molar-refractivity contribution in [3.8, 4) is 0 Å². The smallest absolute Gasteiger partial charge is 0.236 e. The Morgan fingerprint density at radius 1 is 1.39 bits per heavy atom. The fourth-order valence-corrected chi connectivity index (χ4v) is 2.28. The lowest BCUT2D eigenvalue weighted by atomic mass is 10.1. The highest BCUT2D eigenvalue weighted by Crippen LogP contribution is 2.08. The van der Waals surface area contributed by atoms with Crippen LogP contribution in [0.3, 0.4) is 0 Å². The average molecular weight is 250 g/mol. The van der Waals surface area contributed by atoms with E-state index < -0.39 is 0 Å². The van der Waals surface area contributed by atoms with Gasteiger partial charge < -0.3 is 10.2 Å². The highest BCUT2D eigenvalue weighted by molar-refractivity contribution is 5.78. The van der Waals surface area contributed by atoms with Gasteiger partial charge in [0, 0.05) is 37.9 Å². The summed E-state index contributed by atoms with van der Waals surface area (Å²) in [5.41, 5.74) is 2.30. The van der Waals surface area contributed by atoms with Crippen LogP contribution in [0.5, 0.6) is 0 Å². The molecule has 1 aliphatic heterocycles. The van der Waals surface area contributed by atoms with Gasteiger partial charge in [0.25, 0.3) is 0 Å². The number of likely N-dealkylation sites (tertiary alicyclic amines) is 1. The minimum absolute atomic E-state index is 0.219. The molecule has 5 heteroatoms. The van der Waals surface area contributed by atoms with Crippen LogP contribution in [0, 0.1) is 6.92 Å². The molecule has 100 valence electrons. The lowest BCUT2D eigenvalue weighted by Gasteiger charge is -2.26. The first-order valence-corrected chi connectivity index (χ1v) is 6.64. The number of carbonyl (C=O) groups is 1. The van der Waals surface area contributed by atoms with Gasteiger partial charge in [-0.25, -0.2) is 0 Å². The number of nitrogens with one attached hydrogen (secondary N) is 1. The van der Waals surface area contributed by atoms with Crippen LogP contribution in [0.15, 0.2) is 6.20 Å². The summed E-state index contributed by atoms with van der Waals surface area (Å²) in [4.78, 5) is 13.9. The van der Waals surface area contributed by atoms with Gasteiger partial charge in [0.15, 0.2) is 0 Å². The van der Waals surface area contributed by atoms with Gasteiger partial charge in [0.05, 0.1) is 12.7 Å². The van der Waals surface area contributed by atoms with Crippen molar-refractivity contribution in [2.45, 2.75) is 32.7 Å². The number of rotatable bonds is 4. The molecule has 18 heavy (non-hydrogen) atoms. The highest BCUT2D eigenvalue weighted by Gasteiger charge is 2.15. The Kier molecular flexibility index (Phi) is 4.36. The van der Waals surface area contributed by atoms with Gasteiger partial charge >= 0.3 is 0 Å². The highest BCUT2D eigenvalue weighted by atomic mass is 16.2. The Morgan fingerprint density at radius 3 is 2.72 bits per heavy atom. The fourth-order valence-electron chi connectivity index (χ4n) is 2.28. The van der Waals surface area contributed by atoms with E-state index in [4.69, 9.17) is 0 Å². The zero-order valence-electron chi connectivity index (χ0n) is 11.3. The minimum Gasteiger partial charge on any atom is -0.342 e. The Hall–Kier alpha value is -1.36. The topological polar surface area (TPSA) is 50.2 Å². The molecule has 5 nitrogen and oxygen atoms in total. The van der Waals surface area contributed by atoms with Crippen LogP contribution in [0.2, 0.25) is 0 Å². The van der Waals surface area contributed by atoms with Crippen molar-refractivity contribution in [1.29, 1.82) is 0 Å². The van der Waals surface area contributed by atoms with Gasteiger partial charge in [-0.05, 0) is 26.2 Å². The molecule has 2 heterocycles. The van der Waals surface area contributed by atoms with E-state index in [9.17, 15) is 4.79 Å². The number of hydrogen-bond acceptors (Lipinski definition) is 3. The molecule has 0 aliphatic carbocycles.